The second kappa shape index (κ2) is 10.8. The van der Waals surface area contributed by atoms with E-state index in [9.17, 15) is 9.59 Å². The zero-order valence-electron chi connectivity index (χ0n) is 11.5. The van der Waals surface area contributed by atoms with Crippen LogP contribution in [0.3, 0.4) is 0 Å². The smallest absolute Gasteiger partial charge is 0.333 e. The van der Waals surface area contributed by atoms with Crippen LogP contribution in [0.2, 0.25) is 0 Å². The minimum Gasteiger partial charge on any atom is -0.465 e. The molecule has 0 rings (SSSR count). The quantitative estimate of drug-likeness (QED) is 0.342. The van der Waals surface area contributed by atoms with Crippen molar-refractivity contribution in [1.82, 2.24) is 0 Å². The largest absolute Gasteiger partial charge is 0.465 e. The monoisotopic (exact) mass is 256 g/mol. The predicted molar refractivity (Wildman–Crippen MR) is 70.1 cm³/mol. The Balaban J connectivity index is 3.71. The summed E-state index contributed by atoms with van der Waals surface area (Å²) in [6.45, 7) is 8.41. The van der Waals surface area contributed by atoms with E-state index in [1.807, 2.05) is 6.92 Å². The van der Waals surface area contributed by atoms with Crippen LogP contribution in [0, 0.1) is 0 Å². The van der Waals surface area contributed by atoms with Crippen molar-refractivity contribution in [3.05, 3.63) is 12.2 Å². The molecule has 0 amide bonds. The van der Waals surface area contributed by atoms with Crippen molar-refractivity contribution in [2.75, 3.05) is 13.2 Å². The van der Waals surface area contributed by atoms with E-state index in [1.165, 1.54) is 0 Å². The van der Waals surface area contributed by atoms with Gasteiger partial charge in [0.25, 0.3) is 0 Å². The van der Waals surface area contributed by atoms with E-state index >= 15 is 0 Å². The summed E-state index contributed by atoms with van der Waals surface area (Å²) < 4.78 is 9.92. The first-order valence-electron chi connectivity index (χ1n) is 6.62. The summed E-state index contributed by atoms with van der Waals surface area (Å²) in [6.07, 6.45) is 4.66. The lowest BCUT2D eigenvalue weighted by molar-refractivity contribution is -0.146. The highest BCUT2D eigenvalue weighted by atomic mass is 16.5. The van der Waals surface area contributed by atoms with Gasteiger partial charge >= 0.3 is 11.9 Å². The molecule has 0 saturated carbocycles. The van der Waals surface area contributed by atoms with E-state index in [0.29, 0.717) is 13.2 Å². The first kappa shape index (κ1) is 16.7. The Labute approximate surface area is 109 Å². The van der Waals surface area contributed by atoms with Gasteiger partial charge in [-0.05, 0) is 12.8 Å². The van der Waals surface area contributed by atoms with Crippen molar-refractivity contribution in [2.45, 2.75) is 52.4 Å². The Kier molecular flexibility index (Phi) is 10.0. The molecule has 0 atom stereocenters. The number of unbranched alkanes of at least 4 members (excludes halogenated alkanes) is 3. The van der Waals surface area contributed by atoms with Gasteiger partial charge in [0.1, 0.15) is 0 Å². The predicted octanol–water partition coefficient (Wildman–Crippen LogP) is 3.01. The van der Waals surface area contributed by atoms with Gasteiger partial charge in [-0.3, -0.25) is 4.79 Å². The van der Waals surface area contributed by atoms with E-state index in [1.54, 1.807) is 0 Å². The number of carbonyl (C=O) groups is 2. The molecule has 104 valence electrons. The maximum absolute atomic E-state index is 11.4. The molecule has 0 aliphatic heterocycles. The van der Waals surface area contributed by atoms with Crippen LogP contribution in [0.15, 0.2) is 12.2 Å². The third-order valence-electron chi connectivity index (χ3n) is 2.39. The number of hydrogen-bond donors (Lipinski definition) is 0. The van der Waals surface area contributed by atoms with Crippen molar-refractivity contribution in [3.8, 4) is 0 Å². The first-order chi connectivity index (χ1) is 8.61. The van der Waals surface area contributed by atoms with E-state index < -0.39 is 11.9 Å². The highest BCUT2D eigenvalue weighted by molar-refractivity contribution is 5.93. The lowest BCUT2D eigenvalue weighted by atomic mass is 10.2. The second-order valence-electron chi connectivity index (χ2n) is 4.20. The van der Waals surface area contributed by atoms with Crippen molar-refractivity contribution < 1.29 is 19.1 Å². The summed E-state index contributed by atoms with van der Waals surface area (Å²) >= 11 is 0. The lowest BCUT2D eigenvalue weighted by Crippen LogP contribution is -2.14. The van der Waals surface area contributed by atoms with Gasteiger partial charge in [0.2, 0.25) is 0 Å². The molecule has 0 aromatic carbocycles. The molecule has 4 heteroatoms. The zero-order chi connectivity index (χ0) is 13.8. The third kappa shape index (κ3) is 8.79. The molecule has 0 heterocycles. The minimum atomic E-state index is -0.506. The maximum atomic E-state index is 11.4. The van der Waals surface area contributed by atoms with Crippen LogP contribution in [-0.2, 0) is 19.1 Å². The van der Waals surface area contributed by atoms with Gasteiger partial charge < -0.3 is 9.47 Å². The fourth-order valence-corrected chi connectivity index (χ4v) is 1.25. The average Bonchev–Trinajstić information content (AvgIpc) is 2.34. The molecule has 0 spiro atoms. The standard InChI is InChI=1S/C14H24O4/c1-4-6-8-10-17-13(15)11-12(3)14(16)18-9-7-5-2/h3-11H2,1-2H3. The SMILES string of the molecule is C=C(CC(=O)OCCCCC)C(=O)OCCCC. The van der Waals surface area contributed by atoms with E-state index in [2.05, 4.69) is 13.5 Å². The van der Waals surface area contributed by atoms with Crippen LogP contribution < -0.4 is 0 Å². The van der Waals surface area contributed by atoms with Crippen LogP contribution in [0.1, 0.15) is 52.4 Å². The number of rotatable bonds is 10. The summed E-state index contributed by atoms with van der Waals surface area (Å²) in [5, 5.41) is 0. The first-order valence-corrected chi connectivity index (χ1v) is 6.62. The molecule has 4 nitrogen and oxygen atoms in total. The van der Waals surface area contributed by atoms with Gasteiger partial charge in [0, 0.05) is 5.57 Å². The maximum Gasteiger partial charge on any atom is 0.333 e. The summed E-state index contributed by atoms with van der Waals surface area (Å²) in [7, 11) is 0. The number of esters is 2. The molecular formula is C14H24O4. The normalized spacial score (nSPS) is 9.89. The zero-order valence-corrected chi connectivity index (χ0v) is 11.5. The fraction of sp³-hybridized carbons (Fsp3) is 0.714. The van der Waals surface area contributed by atoms with Crippen LogP contribution in [0.5, 0.6) is 0 Å². The molecular weight excluding hydrogens is 232 g/mol. The highest BCUT2D eigenvalue weighted by Crippen LogP contribution is 2.05. The van der Waals surface area contributed by atoms with E-state index in [4.69, 9.17) is 9.47 Å². The second-order valence-corrected chi connectivity index (χ2v) is 4.20. The number of carbonyl (C=O) groups excluding carboxylic acids is 2. The van der Waals surface area contributed by atoms with Gasteiger partial charge in [-0.25, -0.2) is 4.79 Å². The van der Waals surface area contributed by atoms with Gasteiger partial charge in [-0.2, -0.15) is 0 Å². The lowest BCUT2D eigenvalue weighted by Gasteiger charge is -2.07. The number of ether oxygens (including phenoxy) is 2. The number of hydrogen-bond acceptors (Lipinski definition) is 4. The van der Waals surface area contributed by atoms with Gasteiger partial charge in [-0.15, -0.1) is 0 Å². The van der Waals surface area contributed by atoms with Gasteiger partial charge in [-0.1, -0.05) is 39.7 Å². The molecule has 0 saturated heterocycles. The van der Waals surface area contributed by atoms with Gasteiger partial charge in [0.15, 0.2) is 0 Å². The van der Waals surface area contributed by atoms with Crippen molar-refractivity contribution in [2.24, 2.45) is 0 Å². The van der Waals surface area contributed by atoms with Crippen LogP contribution >= 0.6 is 0 Å². The molecule has 0 aromatic rings. The van der Waals surface area contributed by atoms with E-state index in [0.717, 1.165) is 32.1 Å². The topological polar surface area (TPSA) is 52.6 Å². The third-order valence-corrected chi connectivity index (χ3v) is 2.39. The van der Waals surface area contributed by atoms with Gasteiger partial charge in [0.05, 0.1) is 19.6 Å². The average molecular weight is 256 g/mol. The summed E-state index contributed by atoms with van der Waals surface area (Å²) in [4.78, 5) is 22.8. The van der Waals surface area contributed by atoms with Crippen LogP contribution in [-0.4, -0.2) is 25.2 Å². The Bertz CT molecular complexity index is 271. The molecule has 0 aliphatic carbocycles. The Morgan fingerprint density at radius 2 is 1.56 bits per heavy atom. The Morgan fingerprint density at radius 1 is 0.944 bits per heavy atom. The Morgan fingerprint density at radius 3 is 2.17 bits per heavy atom. The van der Waals surface area contributed by atoms with E-state index in [-0.39, 0.29) is 12.0 Å². The fourth-order valence-electron chi connectivity index (χ4n) is 1.25. The summed E-state index contributed by atoms with van der Waals surface area (Å²) in [6, 6.07) is 0. The molecule has 18 heavy (non-hydrogen) atoms. The van der Waals surface area contributed by atoms with Crippen molar-refractivity contribution >= 4 is 11.9 Å². The van der Waals surface area contributed by atoms with Crippen LogP contribution in [0.25, 0.3) is 0 Å². The minimum absolute atomic E-state index is 0.0862. The highest BCUT2D eigenvalue weighted by Gasteiger charge is 2.13. The summed E-state index contributed by atoms with van der Waals surface area (Å²) in [5.41, 5.74) is 0.159. The molecule has 0 aromatic heterocycles. The molecule has 0 aliphatic rings. The van der Waals surface area contributed by atoms with Crippen LogP contribution in [0.4, 0.5) is 0 Å². The summed E-state index contributed by atoms with van der Waals surface area (Å²) in [5.74, 6) is -0.919. The molecule has 0 unspecified atom stereocenters. The van der Waals surface area contributed by atoms with Crippen molar-refractivity contribution in [3.63, 3.8) is 0 Å². The Hall–Kier alpha value is -1.32. The van der Waals surface area contributed by atoms with Crippen molar-refractivity contribution in [1.29, 1.82) is 0 Å². The molecule has 0 bridgehead atoms. The molecule has 0 N–H and O–H groups in total. The molecule has 0 fully saturated rings. The molecule has 0 radical (unpaired) electrons.